The maximum absolute atomic E-state index is 12.5. The van der Waals surface area contributed by atoms with Gasteiger partial charge in [0.25, 0.3) is 16.0 Å². The van der Waals surface area contributed by atoms with Gasteiger partial charge in [0.15, 0.2) is 9.84 Å². The zero-order valence-electron chi connectivity index (χ0n) is 19.5. The SMILES string of the molecule is CS(=O)(=O)c1ccc(C(=O)Nc2ccc(Cl)c(-c3ccccn3)c2)c(Cl)c1.O=S(=O)(O)c1ccc(Cl)cc1. The summed E-state index contributed by atoms with van der Waals surface area (Å²) in [5.41, 5.74) is 2.02. The van der Waals surface area contributed by atoms with Gasteiger partial charge in [0.05, 0.1) is 31.1 Å². The molecule has 0 fully saturated rings. The van der Waals surface area contributed by atoms with E-state index in [1.807, 2.05) is 12.1 Å². The van der Waals surface area contributed by atoms with Crippen molar-refractivity contribution in [2.24, 2.45) is 0 Å². The van der Waals surface area contributed by atoms with Crippen LogP contribution in [0.3, 0.4) is 0 Å². The monoisotopic (exact) mass is 612 g/mol. The average molecular weight is 614 g/mol. The van der Waals surface area contributed by atoms with E-state index in [2.05, 4.69) is 10.3 Å². The van der Waals surface area contributed by atoms with Gasteiger partial charge in [-0.1, -0.05) is 40.9 Å². The molecule has 4 aromatic rings. The minimum absolute atomic E-state index is 0.0491. The summed E-state index contributed by atoms with van der Waals surface area (Å²) in [6.07, 6.45) is 2.73. The number of benzene rings is 3. The van der Waals surface area contributed by atoms with Crippen LogP contribution >= 0.6 is 34.8 Å². The van der Waals surface area contributed by atoms with E-state index in [0.717, 1.165) is 6.26 Å². The van der Waals surface area contributed by atoms with Crippen molar-refractivity contribution in [3.63, 3.8) is 0 Å². The highest BCUT2D eigenvalue weighted by Crippen LogP contribution is 2.30. The molecule has 0 radical (unpaired) electrons. The summed E-state index contributed by atoms with van der Waals surface area (Å²) >= 11 is 17.8. The number of carbonyl (C=O) groups excluding carboxylic acids is 1. The van der Waals surface area contributed by atoms with Crippen molar-refractivity contribution in [1.82, 2.24) is 4.98 Å². The van der Waals surface area contributed by atoms with E-state index < -0.39 is 25.9 Å². The van der Waals surface area contributed by atoms with E-state index in [4.69, 9.17) is 39.4 Å². The number of hydrogen-bond acceptors (Lipinski definition) is 6. The second kappa shape index (κ2) is 12.2. The standard InChI is InChI=1S/C19H14Cl2N2O3S.C6H5ClO3S/c1-27(25,26)13-6-7-14(17(21)11-13)19(24)23-12-5-8-16(20)15(10-12)18-4-2-3-9-22-18;7-5-1-3-6(4-2-5)11(8,9)10/h2-11H,1H3,(H,23,24);1-4H,(H,8,9,10). The van der Waals surface area contributed by atoms with Crippen molar-refractivity contribution in [3.8, 4) is 11.3 Å². The lowest BCUT2D eigenvalue weighted by atomic mass is 10.1. The number of hydrogen-bond donors (Lipinski definition) is 2. The topological polar surface area (TPSA) is 130 Å². The molecule has 38 heavy (non-hydrogen) atoms. The lowest BCUT2D eigenvalue weighted by molar-refractivity contribution is 0.102. The summed E-state index contributed by atoms with van der Waals surface area (Å²) in [6.45, 7) is 0. The molecule has 2 N–H and O–H groups in total. The molecular weight excluding hydrogens is 595 g/mol. The van der Waals surface area contributed by atoms with Crippen molar-refractivity contribution in [1.29, 1.82) is 0 Å². The number of halogens is 3. The fourth-order valence-corrected chi connectivity index (χ4v) is 4.84. The predicted octanol–water partition coefficient (Wildman–Crippen LogP) is 6.30. The lowest BCUT2D eigenvalue weighted by Crippen LogP contribution is -2.13. The Morgan fingerprint density at radius 3 is 2.03 bits per heavy atom. The van der Waals surface area contributed by atoms with E-state index in [9.17, 15) is 21.6 Å². The van der Waals surface area contributed by atoms with Gasteiger partial charge >= 0.3 is 0 Å². The quantitative estimate of drug-likeness (QED) is 0.253. The van der Waals surface area contributed by atoms with Crippen LogP contribution in [-0.4, -0.2) is 38.5 Å². The molecule has 0 saturated carbocycles. The molecule has 0 aliphatic carbocycles. The molecule has 8 nitrogen and oxygen atoms in total. The third-order valence-electron chi connectivity index (χ3n) is 4.89. The first-order chi connectivity index (χ1) is 17.8. The molecule has 1 amide bonds. The van der Waals surface area contributed by atoms with Crippen LogP contribution in [0.4, 0.5) is 5.69 Å². The van der Waals surface area contributed by atoms with Crippen LogP contribution in [0, 0.1) is 0 Å². The van der Waals surface area contributed by atoms with Crippen LogP contribution in [0.5, 0.6) is 0 Å². The van der Waals surface area contributed by atoms with Crippen LogP contribution in [0.15, 0.2) is 94.9 Å². The summed E-state index contributed by atoms with van der Waals surface area (Å²) in [7, 11) is -7.48. The summed E-state index contributed by atoms with van der Waals surface area (Å²) in [6, 6.07) is 19.7. The molecule has 198 valence electrons. The minimum atomic E-state index is -4.08. The van der Waals surface area contributed by atoms with Gasteiger partial charge in [0.2, 0.25) is 0 Å². The Morgan fingerprint density at radius 2 is 1.47 bits per heavy atom. The first-order valence-corrected chi connectivity index (χ1v) is 15.0. The van der Waals surface area contributed by atoms with Crippen LogP contribution in [0.25, 0.3) is 11.3 Å². The van der Waals surface area contributed by atoms with E-state index in [-0.39, 0.29) is 20.4 Å². The first-order valence-electron chi connectivity index (χ1n) is 10.5. The average Bonchev–Trinajstić information content (AvgIpc) is 2.85. The van der Waals surface area contributed by atoms with Gasteiger partial charge in [-0.25, -0.2) is 8.42 Å². The molecule has 1 heterocycles. The lowest BCUT2D eigenvalue weighted by Gasteiger charge is -2.10. The molecule has 0 bridgehead atoms. The number of sulfone groups is 1. The smallest absolute Gasteiger partial charge is 0.294 e. The molecule has 1 aromatic heterocycles. The largest absolute Gasteiger partial charge is 0.322 e. The van der Waals surface area contributed by atoms with Crippen molar-refractivity contribution in [2.75, 3.05) is 11.6 Å². The van der Waals surface area contributed by atoms with Gasteiger partial charge < -0.3 is 5.32 Å². The Balaban J connectivity index is 0.000000304. The fraction of sp³-hybridized carbons (Fsp3) is 0.0400. The van der Waals surface area contributed by atoms with E-state index >= 15 is 0 Å². The Hall–Kier alpha value is -2.99. The van der Waals surface area contributed by atoms with Crippen LogP contribution in [0.2, 0.25) is 15.1 Å². The minimum Gasteiger partial charge on any atom is -0.322 e. The van der Waals surface area contributed by atoms with Crippen LogP contribution < -0.4 is 5.32 Å². The second-order valence-corrected chi connectivity index (χ2v) is 12.4. The molecule has 0 saturated heterocycles. The number of rotatable bonds is 5. The third-order valence-corrected chi connectivity index (χ3v) is 7.76. The normalized spacial score (nSPS) is 11.3. The molecule has 3 aromatic carbocycles. The fourth-order valence-electron chi connectivity index (χ4n) is 3.04. The zero-order chi connectivity index (χ0) is 28.1. The van der Waals surface area contributed by atoms with Gasteiger partial charge in [0, 0.05) is 28.7 Å². The molecule has 0 aliphatic heterocycles. The molecule has 4 rings (SSSR count). The van der Waals surface area contributed by atoms with Gasteiger partial charge in [0.1, 0.15) is 0 Å². The molecule has 0 spiro atoms. The number of aromatic nitrogens is 1. The number of pyridine rings is 1. The second-order valence-electron chi connectivity index (χ2n) is 7.71. The molecule has 0 aliphatic rings. The highest BCUT2D eigenvalue weighted by atomic mass is 35.5. The maximum atomic E-state index is 12.5. The number of amides is 1. The summed E-state index contributed by atoms with van der Waals surface area (Å²) in [4.78, 5) is 16.7. The van der Waals surface area contributed by atoms with Crippen molar-refractivity contribution >= 4 is 66.4 Å². The summed E-state index contributed by atoms with van der Waals surface area (Å²) < 4.78 is 52.6. The highest BCUT2D eigenvalue weighted by molar-refractivity contribution is 7.90. The molecule has 0 unspecified atom stereocenters. The number of anilines is 1. The number of nitrogens with one attached hydrogen (secondary N) is 1. The van der Waals surface area contributed by atoms with Crippen LogP contribution in [0.1, 0.15) is 10.4 Å². The van der Waals surface area contributed by atoms with Gasteiger partial charge in [-0.3, -0.25) is 14.3 Å². The summed E-state index contributed by atoms with van der Waals surface area (Å²) in [5, 5.41) is 3.72. The predicted molar refractivity (Wildman–Crippen MR) is 148 cm³/mol. The van der Waals surface area contributed by atoms with Crippen molar-refractivity contribution in [2.45, 2.75) is 9.79 Å². The van der Waals surface area contributed by atoms with Gasteiger partial charge in [-0.15, -0.1) is 0 Å². The van der Waals surface area contributed by atoms with E-state index in [1.54, 1.807) is 30.5 Å². The van der Waals surface area contributed by atoms with Crippen molar-refractivity contribution in [3.05, 3.63) is 106 Å². The Kier molecular flexibility index (Phi) is 9.53. The Labute approximate surface area is 234 Å². The first kappa shape index (κ1) is 29.6. The molecule has 0 atom stereocenters. The van der Waals surface area contributed by atoms with Crippen LogP contribution in [-0.2, 0) is 20.0 Å². The summed E-state index contributed by atoms with van der Waals surface area (Å²) in [5.74, 6) is -0.464. The molecular formula is C25H19Cl3N2O6S2. The van der Waals surface area contributed by atoms with Gasteiger partial charge in [-0.2, -0.15) is 8.42 Å². The number of carbonyl (C=O) groups is 1. The Bertz CT molecular complexity index is 1680. The zero-order valence-corrected chi connectivity index (χ0v) is 23.4. The van der Waals surface area contributed by atoms with Gasteiger partial charge in [-0.05, 0) is 72.8 Å². The van der Waals surface area contributed by atoms with E-state index in [0.29, 0.717) is 27.0 Å². The number of nitrogens with zero attached hydrogens (tertiary/aromatic N) is 1. The Morgan fingerprint density at radius 1 is 0.816 bits per heavy atom. The molecule has 13 heteroatoms. The van der Waals surface area contributed by atoms with E-state index in [1.165, 1.54) is 42.5 Å². The third kappa shape index (κ3) is 8.00. The maximum Gasteiger partial charge on any atom is 0.294 e. The highest BCUT2D eigenvalue weighted by Gasteiger charge is 2.16. The van der Waals surface area contributed by atoms with Crippen molar-refractivity contribution < 1.29 is 26.2 Å².